The number of nitrogens with one attached hydrogen (secondary N) is 1. The number of carbonyl (C=O) groups is 1. The minimum atomic E-state index is -0.493. The quantitative estimate of drug-likeness (QED) is 0.859. The van der Waals surface area contributed by atoms with Gasteiger partial charge in [0.2, 0.25) is 5.91 Å². The highest BCUT2D eigenvalue weighted by molar-refractivity contribution is 5.81. The molecule has 1 amide bonds. The van der Waals surface area contributed by atoms with Gasteiger partial charge in [-0.05, 0) is 50.7 Å². The Balaban J connectivity index is 1.59. The van der Waals surface area contributed by atoms with Crippen LogP contribution in [0.3, 0.4) is 0 Å². The normalized spacial score (nSPS) is 20.4. The van der Waals surface area contributed by atoms with Gasteiger partial charge in [-0.3, -0.25) is 4.79 Å². The zero-order chi connectivity index (χ0) is 16.0. The molecular weight excluding hydrogens is 290 g/mol. The van der Waals surface area contributed by atoms with Gasteiger partial charge in [-0.25, -0.2) is 4.98 Å². The molecule has 5 nitrogen and oxygen atoms in total. The maximum Gasteiger partial charge on any atom is 0.240 e. The number of benzene rings is 1. The van der Waals surface area contributed by atoms with Crippen LogP contribution in [0.2, 0.25) is 0 Å². The van der Waals surface area contributed by atoms with E-state index in [0.29, 0.717) is 11.8 Å². The first-order valence-corrected chi connectivity index (χ1v) is 8.48. The number of hydrogen-bond acceptors (Lipinski definition) is 3. The minimum Gasteiger partial charge on any atom is -0.394 e. The average molecular weight is 313 g/mol. The van der Waals surface area contributed by atoms with Crippen molar-refractivity contribution in [2.75, 3.05) is 6.61 Å². The third-order valence-corrected chi connectivity index (χ3v) is 5.16. The Labute approximate surface area is 135 Å². The summed E-state index contributed by atoms with van der Waals surface area (Å²) in [6, 6.07) is 7.98. The summed E-state index contributed by atoms with van der Waals surface area (Å²) in [5.74, 6) is 1.87. The van der Waals surface area contributed by atoms with Crippen molar-refractivity contribution in [1.29, 1.82) is 0 Å². The van der Waals surface area contributed by atoms with E-state index in [4.69, 9.17) is 4.98 Å². The number of nitrogens with zero attached hydrogens (tertiary/aromatic N) is 2. The highest BCUT2D eigenvalue weighted by Gasteiger charge is 2.42. The average Bonchev–Trinajstić information content (AvgIpc) is 3.44. The molecule has 1 unspecified atom stereocenters. The summed E-state index contributed by atoms with van der Waals surface area (Å²) in [4.78, 5) is 17.3. The lowest BCUT2D eigenvalue weighted by atomic mass is 9.97. The second kappa shape index (κ2) is 5.34. The Bertz CT molecular complexity index is 746. The van der Waals surface area contributed by atoms with Crippen molar-refractivity contribution >= 4 is 16.9 Å². The number of aliphatic hydroxyl groups excluding tert-OH is 1. The molecular formula is C18H23N3O2. The number of imidazole rings is 1. The lowest BCUT2D eigenvalue weighted by molar-refractivity contribution is -0.124. The molecule has 5 heteroatoms. The smallest absolute Gasteiger partial charge is 0.240 e. The summed E-state index contributed by atoms with van der Waals surface area (Å²) in [6.07, 6.45) is 4.47. The summed E-state index contributed by atoms with van der Waals surface area (Å²) in [7, 11) is 0. The van der Waals surface area contributed by atoms with Crippen LogP contribution in [0.25, 0.3) is 11.0 Å². The van der Waals surface area contributed by atoms with E-state index in [9.17, 15) is 9.90 Å². The van der Waals surface area contributed by atoms with Gasteiger partial charge in [0.15, 0.2) is 0 Å². The zero-order valence-electron chi connectivity index (χ0n) is 13.5. The molecule has 0 spiro atoms. The van der Waals surface area contributed by atoms with Gasteiger partial charge < -0.3 is 15.0 Å². The Kier molecular flexibility index (Phi) is 3.41. The fourth-order valence-corrected chi connectivity index (χ4v) is 3.41. The lowest BCUT2D eigenvalue weighted by Gasteiger charge is -2.29. The Morgan fingerprint density at radius 2 is 2.09 bits per heavy atom. The van der Waals surface area contributed by atoms with Crippen LogP contribution in [0.5, 0.6) is 0 Å². The summed E-state index contributed by atoms with van der Waals surface area (Å²) in [5, 5.41) is 12.7. The van der Waals surface area contributed by atoms with Crippen molar-refractivity contribution in [3.63, 3.8) is 0 Å². The predicted octanol–water partition coefficient (Wildman–Crippen LogP) is 2.19. The molecule has 1 aromatic heterocycles. The number of aromatic nitrogens is 2. The number of rotatable bonds is 6. The molecule has 0 bridgehead atoms. The molecule has 0 aliphatic heterocycles. The molecule has 2 aliphatic rings. The zero-order valence-corrected chi connectivity index (χ0v) is 13.5. The number of carbonyl (C=O) groups excluding carboxylic acids is 1. The summed E-state index contributed by atoms with van der Waals surface area (Å²) in [5.41, 5.74) is 1.48. The van der Waals surface area contributed by atoms with Crippen molar-refractivity contribution < 1.29 is 9.90 Å². The van der Waals surface area contributed by atoms with Crippen LogP contribution in [0, 0.1) is 5.92 Å². The van der Waals surface area contributed by atoms with Crippen molar-refractivity contribution in [3.05, 3.63) is 30.1 Å². The first-order chi connectivity index (χ1) is 11.1. The van der Waals surface area contributed by atoms with Gasteiger partial charge in [0, 0.05) is 5.92 Å². The third kappa shape index (κ3) is 2.74. The topological polar surface area (TPSA) is 67.2 Å². The molecule has 122 valence electrons. The Morgan fingerprint density at radius 3 is 2.74 bits per heavy atom. The van der Waals surface area contributed by atoms with Gasteiger partial charge >= 0.3 is 0 Å². The fourth-order valence-electron chi connectivity index (χ4n) is 3.41. The van der Waals surface area contributed by atoms with Crippen molar-refractivity contribution in [3.8, 4) is 0 Å². The van der Waals surface area contributed by atoms with Gasteiger partial charge in [0.1, 0.15) is 12.4 Å². The number of para-hydroxylation sites is 2. The van der Waals surface area contributed by atoms with Gasteiger partial charge in [0.05, 0.1) is 23.2 Å². The van der Waals surface area contributed by atoms with Gasteiger partial charge in [-0.1, -0.05) is 12.1 Å². The molecule has 2 fully saturated rings. The Morgan fingerprint density at radius 1 is 1.35 bits per heavy atom. The molecule has 23 heavy (non-hydrogen) atoms. The van der Waals surface area contributed by atoms with E-state index in [1.54, 1.807) is 0 Å². The monoisotopic (exact) mass is 313 g/mol. The van der Waals surface area contributed by atoms with Crippen LogP contribution in [0.4, 0.5) is 0 Å². The van der Waals surface area contributed by atoms with Crippen LogP contribution in [0.15, 0.2) is 24.3 Å². The van der Waals surface area contributed by atoms with E-state index in [1.165, 1.54) is 0 Å². The molecule has 2 aliphatic carbocycles. The van der Waals surface area contributed by atoms with E-state index in [-0.39, 0.29) is 19.1 Å². The highest BCUT2D eigenvalue weighted by Crippen LogP contribution is 2.41. The molecule has 2 saturated carbocycles. The first-order valence-electron chi connectivity index (χ1n) is 8.48. The van der Waals surface area contributed by atoms with Gasteiger partial charge in [-0.15, -0.1) is 0 Å². The van der Waals surface area contributed by atoms with E-state index in [1.807, 2.05) is 35.8 Å². The highest BCUT2D eigenvalue weighted by atomic mass is 16.3. The molecule has 1 atom stereocenters. The fraction of sp³-hybridized carbons (Fsp3) is 0.556. The molecule has 1 aromatic carbocycles. The van der Waals surface area contributed by atoms with E-state index in [2.05, 4.69) is 5.32 Å². The number of fused-ring (bicyclic) bond motifs is 1. The van der Waals surface area contributed by atoms with Crippen LogP contribution >= 0.6 is 0 Å². The largest absolute Gasteiger partial charge is 0.394 e. The predicted molar refractivity (Wildman–Crippen MR) is 88.1 cm³/mol. The number of aliphatic hydroxyl groups is 1. The SMILES string of the molecule is CC(CO)(NC(=O)Cn1c(C2CC2)nc2ccccc21)C1CC1. The molecule has 0 saturated heterocycles. The van der Waals surface area contributed by atoms with Crippen LogP contribution < -0.4 is 5.32 Å². The van der Waals surface area contributed by atoms with E-state index >= 15 is 0 Å². The maximum absolute atomic E-state index is 12.6. The molecule has 0 radical (unpaired) electrons. The van der Waals surface area contributed by atoms with E-state index in [0.717, 1.165) is 42.5 Å². The maximum atomic E-state index is 12.6. The van der Waals surface area contributed by atoms with Gasteiger partial charge in [0.25, 0.3) is 0 Å². The standard InChI is InChI=1S/C18H23N3O2/c1-18(11-22,13-8-9-13)20-16(23)10-21-15-5-3-2-4-14(15)19-17(21)12-6-7-12/h2-5,12-13,22H,6-11H2,1H3,(H,20,23). The number of hydrogen-bond donors (Lipinski definition) is 2. The van der Waals surface area contributed by atoms with Crippen LogP contribution in [-0.4, -0.2) is 32.7 Å². The molecule has 1 heterocycles. The van der Waals surface area contributed by atoms with Crippen molar-refractivity contribution in [2.45, 2.75) is 50.6 Å². The second-order valence-electron chi connectivity index (χ2n) is 7.22. The lowest BCUT2D eigenvalue weighted by Crippen LogP contribution is -2.51. The summed E-state index contributed by atoms with van der Waals surface area (Å²) >= 11 is 0. The van der Waals surface area contributed by atoms with Crippen molar-refractivity contribution in [1.82, 2.24) is 14.9 Å². The number of amides is 1. The van der Waals surface area contributed by atoms with Crippen molar-refractivity contribution in [2.24, 2.45) is 5.92 Å². The van der Waals surface area contributed by atoms with Crippen LogP contribution in [-0.2, 0) is 11.3 Å². The molecule has 2 N–H and O–H groups in total. The van der Waals surface area contributed by atoms with E-state index < -0.39 is 5.54 Å². The summed E-state index contributed by atoms with van der Waals surface area (Å²) < 4.78 is 2.05. The second-order valence-corrected chi connectivity index (χ2v) is 7.22. The summed E-state index contributed by atoms with van der Waals surface area (Å²) in [6.45, 7) is 2.20. The van der Waals surface area contributed by atoms with Gasteiger partial charge in [-0.2, -0.15) is 0 Å². The molecule has 2 aromatic rings. The first kappa shape index (κ1) is 14.7. The van der Waals surface area contributed by atoms with Crippen LogP contribution in [0.1, 0.15) is 44.3 Å². The third-order valence-electron chi connectivity index (χ3n) is 5.16. The molecule has 4 rings (SSSR count). The minimum absolute atomic E-state index is 0.0104. The Hall–Kier alpha value is -1.88.